The van der Waals surface area contributed by atoms with Gasteiger partial charge in [-0.15, -0.1) is 0 Å². The highest BCUT2D eigenvalue weighted by atomic mass is 16.5. The lowest BCUT2D eigenvalue weighted by atomic mass is 9.85. The van der Waals surface area contributed by atoms with Crippen LogP contribution in [-0.4, -0.2) is 18.9 Å². The van der Waals surface area contributed by atoms with Crippen LogP contribution in [0.4, 0.5) is 5.69 Å². The van der Waals surface area contributed by atoms with E-state index in [0.717, 1.165) is 0 Å². The molecule has 0 N–H and O–H groups in total. The molecule has 4 atom stereocenters. The monoisotopic (exact) mass is 309 g/mol. The molecule has 1 saturated carbocycles. The summed E-state index contributed by atoms with van der Waals surface area (Å²) in [5.74, 6) is 0.172. The molecule has 0 radical (unpaired) electrons. The van der Waals surface area contributed by atoms with E-state index in [0.29, 0.717) is 11.4 Å². The molecule has 1 aromatic carbocycles. The zero-order valence-electron chi connectivity index (χ0n) is 13.4. The summed E-state index contributed by atoms with van der Waals surface area (Å²) in [4.78, 5) is 27.3. The maximum Gasteiger partial charge on any atom is 0.238 e. The van der Waals surface area contributed by atoms with Crippen molar-refractivity contribution in [1.82, 2.24) is 0 Å². The van der Waals surface area contributed by atoms with E-state index in [-0.39, 0.29) is 35.5 Å². The minimum absolute atomic E-state index is 0.0798. The number of ether oxygens (including phenoxy) is 1. The van der Waals surface area contributed by atoms with Crippen LogP contribution in [0.15, 0.2) is 47.6 Å². The third-order valence-corrected chi connectivity index (χ3v) is 5.30. The van der Waals surface area contributed by atoms with Crippen molar-refractivity contribution in [2.45, 2.75) is 13.8 Å². The van der Waals surface area contributed by atoms with E-state index in [1.165, 1.54) is 16.0 Å². The first-order valence-electron chi connectivity index (χ1n) is 7.92. The number of imide groups is 1. The number of fused-ring (bicyclic) bond motifs is 5. The van der Waals surface area contributed by atoms with Crippen LogP contribution in [0.25, 0.3) is 0 Å². The normalized spacial score (nSPS) is 31.1. The second-order valence-corrected chi connectivity index (χ2v) is 6.66. The van der Waals surface area contributed by atoms with Crippen molar-refractivity contribution in [3.8, 4) is 5.75 Å². The Morgan fingerprint density at radius 1 is 1.04 bits per heavy atom. The number of amides is 2. The van der Waals surface area contributed by atoms with Gasteiger partial charge in [-0.2, -0.15) is 0 Å². The summed E-state index contributed by atoms with van der Waals surface area (Å²) >= 11 is 0. The number of rotatable bonds is 2. The van der Waals surface area contributed by atoms with Gasteiger partial charge in [-0.25, -0.2) is 4.90 Å². The summed E-state index contributed by atoms with van der Waals surface area (Å²) in [6.07, 6.45) is 4.21. The van der Waals surface area contributed by atoms with Gasteiger partial charge in [0.25, 0.3) is 0 Å². The van der Waals surface area contributed by atoms with Crippen molar-refractivity contribution in [3.05, 3.63) is 47.6 Å². The highest BCUT2D eigenvalue weighted by Crippen LogP contribution is 2.57. The Balaban J connectivity index is 1.75. The summed E-state index contributed by atoms with van der Waals surface area (Å²) in [5, 5.41) is 0. The standard InChI is InChI=1S/C19H19NO3/c1-10(2)15-13-7-8-14(15)17-16(13)18(21)20(19(17)22)11-5-4-6-12(9-11)23-3/h4-9,13-14,16-17H,1-3H3/t13-,14+,16-,17-/m0/s1. The lowest BCUT2D eigenvalue weighted by molar-refractivity contribution is -0.122. The first kappa shape index (κ1) is 14.2. The van der Waals surface area contributed by atoms with Crippen LogP contribution in [0, 0.1) is 23.7 Å². The fourth-order valence-electron chi connectivity index (χ4n) is 4.43. The second kappa shape index (κ2) is 4.82. The quantitative estimate of drug-likeness (QED) is 0.623. The van der Waals surface area contributed by atoms with Gasteiger partial charge in [0.15, 0.2) is 0 Å². The van der Waals surface area contributed by atoms with Gasteiger partial charge in [0, 0.05) is 17.9 Å². The van der Waals surface area contributed by atoms with E-state index in [4.69, 9.17) is 4.74 Å². The molecular formula is C19H19NO3. The minimum Gasteiger partial charge on any atom is -0.497 e. The molecule has 4 nitrogen and oxygen atoms in total. The number of nitrogens with zero attached hydrogens (tertiary/aromatic N) is 1. The van der Waals surface area contributed by atoms with Crippen molar-refractivity contribution in [2.24, 2.45) is 23.7 Å². The first-order valence-corrected chi connectivity index (χ1v) is 7.92. The maximum atomic E-state index is 13.0. The van der Waals surface area contributed by atoms with Crippen molar-refractivity contribution in [1.29, 1.82) is 0 Å². The molecule has 3 aliphatic rings. The van der Waals surface area contributed by atoms with Crippen molar-refractivity contribution < 1.29 is 14.3 Å². The Kier molecular flexibility index (Phi) is 2.98. The van der Waals surface area contributed by atoms with Crippen LogP contribution in [0.1, 0.15) is 13.8 Å². The molecule has 2 bridgehead atoms. The van der Waals surface area contributed by atoms with Gasteiger partial charge in [-0.05, 0) is 26.0 Å². The van der Waals surface area contributed by atoms with Crippen LogP contribution in [0.2, 0.25) is 0 Å². The predicted molar refractivity (Wildman–Crippen MR) is 87.0 cm³/mol. The molecule has 23 heavy (non-hydrogen) atoms. The Hall–Kier alpha value is -2.36. The molecule has 4 heteroatoms. The number of carbonyl (C=O) groups is 2. The maximum absolute atomic E-state index is 13.0. The Morgan fingerprint density at radius 2 is 1.65 bits per heavy atom. The zero-order valence-corrected chi connectivity index (χ0v) is 13.4. The molecule has 1 heterocycles. The van der Waals surface area contributed by atoms with Gasteiger partial charge in [0.1, 0.15) is 5.75 Å². The van der Waals surface area contributed by atoms with E-state index in [1.54, 1.807) is 25.3 Å². The summed E-state index contributed by atoms with van der Waals surface area (Å²) < 4.78 is 5.21. The highest BCUT2D eigenvalue weighted by Gasteiger charge is 2.61. The summed E-state index contributed by atoms with van der Waals surface area (Å²) in [6.45, 7) is 4.14. The number of hydrogen-bond donors (Lipinski definition) is 0. The first-order chi connectivity index (χ1) is 11.0. The molecule has 4 rings (SSSR count). The Labute approximate surface area is 135 Å². The molecule has 1 saturated heterocycles. The topological polar surface area (TPSA) is 46.6 Å². The summed E-state index contributed by atoms with van der Waals surface area (Å²) in [7, 11) is 1.58. The number of allylic oxidation sites excluding steroid dienone is 4. The van der Waals surface area contributed by atoms with Crippen LogP contribution in [0.5, 0.6) is 5.75 Å². The fraction of sp³-hybridized carbons (Fsp3) is 0.368. The van der Waals surface area contributed by atoms with E-state index in [2.05, 4.69) is 26.0 Å². The van der Waals surface area contributed by atoms with Crippen molar-refractivity contribution >= 4 is 17.5 Å². The molecule has 0 spiro atoms. The van der Waals surface area contributed by atoms with E-state index < -0.39 is 0 Å². The SMILES string of the molecule is COc1cccc(N2C(=O)[C@@H]3[C@@H](C2=O)[C@H]2C=C[C@@H]3C2=C(C)C)c1. The molecule has 2 aliphatic carbocycles. The highest BCUT2D eigenvalue weighted by molar-refractivity contribution is 6.23. The van der Waals surface area contributed by atoms with Gasteiger partial charge in [0.2, 0.25) is 11.8 Å². The van der Waals surface area contributed by atoms with Gasteiger partial charge < -0.3 is 4.74 Å². The molecule has 2 fully saturated rings. The molecule has 0 unspecified atom stereocenters. The molecule has 2 amide bonds. The number of carbonyl (C=O) groups excluding carboxylic acids is 2. The largest absolute Gasteiger partial charge is 0.497 e. The van der Waals surface area contributed by atoms with Gasteiger partial charge >= 0.3 is 0 Å². The van der Waals surface area contributed by atoms with Gasteiger partial charge in [0.05, 0.1) is 24.6 Å². The fourth-order valence-corrected chi connectivity index (χ4v) is 4.43. The smallest absolute Gasteiger partial charge is 0.238 e. The number of anilines is 1. The van der Waals surface area contributed by atoms with Crippen LogP contribution in [0.3, 0.4) is 0 Å². The average molecular weight is 309 g/mol. The minimum atomic E-state index is -0.242. The Bertz CT molecular complexity index is 739. The summed E-state index contributed by atoms with van der Waals surface area (Å²) in [5.41, 5.74) is 3.10. The number of methoxy groups -OCH3 is 1. The average Bonchev–Trinajstić information content (AvgIpc) is 3.17. The van der Waals surface area contributed by atoms with Crippen LogP contribution < -0.4 is 9.64 Å². The Morgan fingerprint density at radius 3 is 2.17 bits per heavy atom. The predicted octanol–water partition coefficient (Wildman–Crippen LogP) is 2.95. The third kappa shape index (κ3) is 1.78. The van der Waals surface area contributed by atoms with E-state index in [9.17, 15) is 9.59 Å². The number of hydrogen-bond acceptors (Lipinski definition) is 3. The number of benzene rings is 1. The zero-order chi connectivity index (χ0) is 16.3. The van der Waals surface area contributed by atoms with Gasteiger partial charge in [-0.1, -0.05) is 29.4 Å². The third-order valence-electron chi connectivity index (χ3n) is 5.30. The lowest BCUT2D eigenvalue weighted by Crippen LogP contribution is -2.33. The van der Waals surface area contributed by atoms with E-state index >= 15 is 0 Å². The molecular weight excluding hydrogens is 290 g/mol. The van der Waals surface area contributed by atoms with Gasteiger partial charge in [-0.3, -0.25) is 9.59 Å². The molecule has 1 aliphatic heterocycles. The van der Waals surface area contributed by atoms with Crippen LogP contribution >= 0.6 is 0 Å². The van der Waals surface area contributed by atoms with Crippen molar-refractivity contribution in [2.75, 3.05) is 12.0 Å². The molecule has 1 aromatic rings. The molecule has 0 aromatic heterocycles. The summed E-state index contributed by atoms with van der Waals surface area (Å²) in [6, 6.07) is 7.14. The van der Waals surface area contributed by atoms with Crippen LogP contribution in [-0.2, 0) is 9.59 Å². The van der Waals surface area contributed by atoms with E-state index in [1.807, 2.05) is 6.07 Å². The van der Waals surface area contributed by atoms with Crippen molar-refractivity contribution in [3.63, 3.8) is 0 Å². The molecule has 118 valence electrons. The second-order valence-electron chi connectivity index (χ2n) is 6.66. The lowest BCUT2D eigenvalue weighted by Gasteiger charge is -2.19.